The van der Waals surface area contributed by atoms with Crippen LogP contribution in [0, 0.1) is 0 Å². The molecule has 80 valence electrons. The number of carbonyl (C=O) groups excluding carboxylic acids is 2. The van der Waals surface area contributed by atoms with Crippen LogP contribution in [0.25, 0.3) is 0 Å². The van der Waals surface area contributed by atoms with E-state index in [4.69, 9.17) is 4.42 Å². The zero-order valence-electron chi connectivity index (χ0n) is 8.29. The average Bonchev–Trinajstić information content (AvgIpc) is 2.83. The van der Waals surface area contributed by atoms with Gasteiger partial charge in [-0.2, -0.15) is 0 Å². The summed E-state index contributed by atoms with van der Waals surface area (Å²) in [7, 11) is 0. The molecule has 2 heterocycles. The Labute approximate surface area is 91.1 Å². The predicted octanol–water partition coefficient (Wildman–Crippen LogP) is 1.53. The molecule has 16 heavy (non-hydrogen) atoms. The molecule has 5 heteroatoms. The number of furan rings is 1. The summed E-state index contributed by atoms with van der Waals surface area (Å²) in [6, 6.07) is 3.12. The molecule has 0 unspecified atom stereocenters. The van der Waals surface area contributed by atoms with Gasteiger partial charge in [-0.25, -0.2) is 9.97 Å². The van der Waals surface area contributed by atoms with Crippen LogP contribution in [-0.2, 0) is 0 Å². The quantitative estimate of drug-likeness (QED) is 0.572. The fourth-order valence-electron chi connectivity index (χ4n) is 1.19. The van der Waals surface area contributed by atoms with E-state index >= 15 is 0 Å². The van der Waals surface area contributed by atoms with Gasteiger partial charge in [0.05, 0.1) is 18.2 Å². The molecule has 0 N–H and O–H groups in total. The molecule has 0 spiro atoms. The fourth-order valence-corrected chi connectivity index (χ4v) is 1.19. The first-order chi connectivity index (χ1) is 7.77. The van der Waals surface area contributed by atoms with E-state index in [1.54, 1.807) is 6.07 Å². The van der Waals surface area contributed by atoms with Gasteiger partial charge in [-0.05, 0) is 12.1 Å². The third kappa shape index (κ3) is 2.20. The normalized spacial score (nSPS) is 10.0. The van der Waals surface area contributed by atoms with Crippen molar-refractivity contribution in [1.29, 1.82) is 0 Å². The third-order valence-electron chi connectivity index (χ3n) is 1.98. The molecule has 2 aromatic rings. The second-order valence-electron chi connectivity index (χ2n) is 3.11. The van der Waals surface area contributed by atoms with E-state index in [1.807, 2.05) is 0 Å². The lowest BCUT2D eigenvalue weighted by atomic mass is 10.1. The van der Waals surface area contributed by atoms with Gasteiger partial charge in [-0.3, -0.25) is 9.59 Å². The molecule has 0 aliphatic carbocycles. The van der Waals surface area contributed by atoms with Crippen LogP contribution in [0.3, 0.4) is 0 Å². The summed E-state index contributed by atoms with van der Waals surface area (Å²) in [5.74, 6) is -0.641. The Hall–Kier alpha value is -2.30. The number of ketones is 2. The highest BCUT2D eigenvalue weighted by Crippen LogP contribution is 2.06. The van der Waals surface area contributed by atoms with Crippen molar-refractivity contribution in [3.63, 3.8) is 0 Å². The van der Waals surface area contributed by atoms with Crippen LogP contribution in [0.5, 0.6) is 0 Å². The molecule has 0 aliphatic heterocycles. The number of hydrogen-bond acceptors (Lipinski definition) is 5. The molecule has 0 saturated heterocycles. The van der Waals surface area contributed by atoms with E-state index in [1.165, 1.54) is 31.0 Å². The van der Waals surface area contributed by atoms with Crippen LogP contribution in [0.4, 0.5) is 0 Å². The summed E-state index contributed by atoms with van der Waals surface area (Å²) in [4.78, 5) is 30.7. The summed E-state index contributed by atoms with van der Waals surface area (Å²) in [6.07, 6.45) is 5.37. The lowest BCUT2D eigenvalue weighted by Crippen LogP contribution is -2.10. The first-order valence-corrected chi connectivity index (χ1v) is 4.63. The summed E-state index contributed by atoms with van der Waals surface area (Å²) in [5.41, 5.74) is 0.379. The Morgan fingerprint density at radius 2 is 1.94 bits per heavy atom. The van der Waals surface area contributed by atoms with Gasteiger partial charge >= 0.3 is 0 Å². The first-order valence-electron chi connectivity index (χ1n) is 4.63. The molecule has 5 nitrogen and oxygen atoms in total. The number of nitrogens with zero attached hydrogens (tertiary/aromatic N) is 2. The largest absolute Gasteiger partial charge is 0.472 e. The van der Waals surface area contributed by atoms with Gasteiger partial charge in [0.15, 0.2) is 11.6 Å². The molecule has 0 atom stereocenters. The third-order valence-corrected chi connectivity index (χ3v) is 1.98. The van der Waals surface area contributed by atoms with E-state index in [0.717, 1.165) is 0 Å². The molecule has 0 amide bonds. The minimum atomic E-state index is -0.396. The van der Waals surface area contributed by atoms with Crippen molar-refractivity contribution >= 4 is 11.6 Å². The van der Waals surface area contributed by atoms with Gasteiger partial charge in [0.1, 0.15) is 6.26 Å². The molecule has 0 radical (unpaired) electrons. The predicted molar refractivity (Wildman–Crippen MR) is 54.0 cm³/mol. The second kappa shape index (κ2) is 4.48. The van der Waals surface area contributed by atoms with Crippen LogP contribution in [-0.4, -0.2) is 21.5 Å². The topological polar surface area (TPSA) is 73.1 Å². The molecule has 0 aromatic carbocycles. The Kier molecular flexibility index (Phi) is 2.86. The van der Waals surface area contributed by atoms with Crippen LogP contribution < -0.4 is 0 Å². The SMILES string of the molecule is O=C(CC(=O)c1ncccn1)c1ccoc1. The standard InChI is InChI=1S/C11H8N2O3/c14-9(8-2-5-16-7-8)6-10(15)11-12-3-1-4-13-11/h1-5,7H,6H2. The zero-order valence-corrected chi connectivity index (χ0v) is 8.29. The van der Waals surface area contributed by atoms with Crippen molar-refractivity contribution in [2.45, 2.75) is 6.42 Å². The van der Waals surface area contributed by atoms with Crippen LogP contribution >= 0.6 is 0 Å². The molecule has 0 saturated carbocycles. The molecule has 0 fully saturated rings. The second-order valence-corrected chi connectivity index (χ2v) is 3.11. The van der Waals surface area contributed by atoms with E-state index < -0.39 is 5.78 Å². The Balaban J connectivity index is 2.06. The monoisotopic (exact) mass is 216 g/mol. The van der Waals surface area contributed by atoms with E-state index in [2.05, 4.69) is 9.97 Å². The highest BCUT2D eigenvalue weighted by atomic mass is 16.3. The molecule has 2 aromatic heterocycles. The number of hydrogen-bond donors (Lipinski definition) is 0. The van der Waals surface area contributed by atoms with Crippen molar-refractivity contribution in [3.05, 3.63) is 48.4 Å². The molecule has 0 bridgehead atoms. The molecule has 2 rings (SSSR count). The maximum absolute atomic E-state index is 11.6. The van der Waals surface area contributed by atoms with Gasteiger partial charge < -0.3 is 4.42 Å². The van der Waals surface area contributed by atoms with Crippen LogP contribution in [0.2, 0.25) is 0 Å². The van der Waals surface area contributed by atoms with Crippen molar-refractivity contribution in [2.75, 3.05) is 0 Å². The molecular weight excluding hydrogens is 208 g/mol. The Bertz CT molecular complexity index is 491. The van der Waals surface area contributed by atoms with Gasteiger partial charge in [-0.1, -0.05) is 0 Å². The summed E-state index contributed by atoms with van der Waals surface area (Å²) in [6.45, 7) is 0. The average molecular weight is 216 g/mol. The number of aromatic nitrogens is 2. The summed E-state index contributed by atoms with van der Waals surface area (Å²) in [5, 5.41) is 0. The molecule has 0 aliphatic rings. The van der Waals surface area contributed by atoms with Gasteiger partial charge in [-0.15, -0.1) is 0 Å². The van der Waals surface area contributed by atoms with Crippen molar-refractivity contribution in [3.8, 4) is 0 Å². The summed E-state index contributed by atoms with van der Waals surface area (Å²) >= 11 is 0. The van der Waals surface area contributed by atoms with Crippen LogP contribution in [0.15, 0.2) is 41.5 Å². The van der Waals surface area contributed by atoms with Crippen LogP contribution in [0.1, 0.15) is 27.4 Å². The highest BCUT2D eigenvalue weighted by molar-refractivity contribution is 6.12. The van der Waals surface area contributed by atoms with E-state index in [0.29, 0.717) is 5.56 Å². The van der Waals surface area contributed by atoms with E-state index in [9.17, 15) is 9.59 Å². The minimum absolute atomic E-state index is 0.0549. The van der Waals surface area contributed by atoms with Gasteiger partial charge in [0.2, 0.25) is 5.78 Å². The first kappa shape index (κ1) is 10.2. The van der Waals surface area contributed by atoms with Gasteiger partial charge in [0, 0.05) is 12.4 Å². The zero-order chi connectivity index (χ0) is 11.4. The molecular formula is C11H8N2O3. The summed E-state index contributed by atoms with van der Waals surface area (Å²) < 4.78 is 4.76. The minimum Gasteiger partial charge on any atom is -0.472 e. The van der Waals surface area contributed by atoms with Crippen molar-refractivity contribution in [1.82, 2.24) is 9.97 Å². The van der Waals surface area contributed by atoms with Gasteiger partial charge in [0.25, 0.3) is 0 Å². The Morgan fingerprint density at radius 1 is 1.19 bits per heavy atom. The van der Waals surface area contributed by atoms with Crippen molar-refractivity contribution < 1.29 is 14.0 Å². The lowest BCUT2D eigenvalue weighted by molar-refractivity contribution is 0.0888. The van der Waals surface area contributed by atoms with Crippen molar-refractivity contribution in [2.24, 2.45) is 0 Å². The maximum Gasteiger partial charge on any atom is 0.207 e. The smallest absolute Gasteiger partial charge is 0.207 e. The number of rotatable bonds is 4. The highest BCUT2D eigenvalue weighted by Gasteiger charge is 2.16. The maximum atomic E-state index is 11.6. The fraction of sp³-hybridized carbons (Fsp3) is 0.0909. The Morgan fingerprint density at radius 3 is 2.56 bits per heavy atom. The lowest BCUT2D eigenvalue weighted by Gasteiger charge is -1.96. The number of Topliss-reactive ketones (excluding diaryl/α,β-unsaturated/α-hetero) is 2. The van der Waals surface area contributed by atoms with E-state index in [-0.39, 0.29) is 18.0 Å². The number of carbonyl (C=O) groups is 2.